The Morgan fingerprint density at radius 1 is 1.41 bits per heavy atom. The van der Waals surface area contributed by atoms with Crippen molar-refractivity contribution in [1.29, 1.82) is 0 Å². The summed E-state index contributed by atoms with van der Waals surface area (Å²) in [5, 5.41) is 8.18. The fourth-order valence-electron chi connectivity index (χ4n) is 3.24. The number of nitrogens with zero attached hydrogens (tertiary/aromatic N) is 4. The quantitative estimate of drug-likeness (QED) is 0.783. The van der Waals surface area contributed by atoms with Crippen LogP contribution >= 0.6 is 0 Å². The van der Waals surface area contributed by atoms with Crippen LogP contribution in [-0.2, 0) is 9.47 Å². The minimum absolute atomic E-state index is 0.234. The molecule has 2 aliphatic heterocycles. The van der Waals surface area contributed by atoms with Gasteiger partial charge in [-0.3, -0.25) is 4.90 Å². The molecule has 2 saturated heterocycles. The van der Waals surface area contributed by atoms with Crippen molar-refractivity contribution in [3.8, 4) is 0 Å². The number of rotatable bonds is 6. The van der Waals surface area contributed by atoms with Gasteiger partial charge in [0.15, 0.2) is 5.82 Å². The predicted octanol–water partition coefficient (Wildman–Crippen LogP) is 1.04. The Bertz CT molecular complexity index is 439. The molecule has 0 aromatic carbocycles. The van der Waals surface area contributed by atoms with Gasteiger partial charge >= 0.3 is 0 Å². The molecule has 3 rings (SSSR count). The maximum atomic E-state index is 5.96. The molecule has 1 aromatic heterocycles. The van der Waals surface area contributed by atoms with Gasteiger partial charge in [0, 0.05) is 45.5 Å². The van der Waals surface area contributed by atoms with E-state index in [-0.39, 0.29) is 6.10 Å². The number of aromatic nitrogens is 2. The summed E-state index contributed by atoms with van der Waals surface area (Å²) in [6.45, 7) is 9.75. The molecule has 2 fully saturated rings. The summed E-state index contributed by atoms with van der Waals surface area (Å²) in [6, 6.07) is 3.94. The summed E-state index contributed by atoms with van der Waals surface area (Å²) in [5.41, 5.74) is 0. The number of morpholine rings is 1. The zero-order valence-electron chi connectivity index (χ0n) is 13.4. The maximum Gasteiger partial charge on any atom is 0.151 e. The maximum absolute atomic E-state index is 5.96. The summed E-state index contributed by atoms with van der Waals surface area (Å²) in [4.78, 5) is 4.76. The van der Waals surface area contributed by atoms with Gasteiger partial charge in [-0.05, 0) is 31.4 Å². The van der Waals surface area contributed by atoms with Crippen molar-refractivity contribution >= 4 is 5.82 Å². The number of hydrogen-bond donors (Lipinski definition) is 0. The van der Waals surface area contributed by atoms with E-state index in [9.17, 15) is 0 Å². The third kappa shape index (κ3) is 4.15. The van der Waals surface area contributed by atoms with Crippen LogP contribution in [0.2, 0.25) is 0 Å². The smallest absolute Gasteiger partial charge is 0.151 e. The molecule has 0 unspecified atom stereocenters. The van der Waals surface area contributed by atoms with E-state index in [0.717, 1.165) is 58.4 Å². The van der Waals surface area contributed by atoms with E-state index in [1.165, 1.54) is 6.42 Å². The molecule has 0 spiro atoms. The lowest BCUT2D eigenvalue weighted by atomic mass is 10.1. The Morgan fingerprint density at radius 3 is 3.09 bits per heavy atom. The molecular weight excluding hydrogens is 280 g/mol. The van der Waals surface area contributed by atoms with Crippen LogP contribution in [0, 0.1) is 5.92 Å². The van der Waals surface area contributed by atoms with Crippen molar-refractivity contribution in [3.63, 3.8) is 0 Å². The van der Waals surface area contributed by atoms with Crippen molar-refractivity contribution in [2.24, 2.45) is 5.92 Å². The van der Waals surface area contributed by atoms with E-state index >= 15 is 0 Å². The molecule has 2 aliphatic rings. The van der Waals surface area contributed by atoms with Gasteiger partial charge in [-0.1, -0.05) is 0 Å². The van der Waals surface area contributed by atoms with Crippen LogP contribution in [0.3, 0.4) is 0 Å². The molecule has 6 heteroatoms. The van der Waals surface area contributed by atoms with Crippen LogP contribution in [0.1, 0.15) is 13.3 Å². The molecular formula is C16H26N4O2. The minimum atomic E-state index is 0.234. The van der Waals surface area contributed by atoms with Crippen molar-refractivity contribution in [1.82, 2.24) is 15.1 Å². The fraction of sp³-hybridized carbons (Fsp3) is 0.750. The molecule has 3 heterocycles. The molecule has 0 radical (unpaired) electrons. The van der Waals surface area contributed by atoms with Gasteiger partial charge in [0.1, 0.15) is 0 Å². The second-order valence-electron chi connectivity index (χ2n) is 6.10. The summed E-state index contributed by atoms with van der Waals surface area (Å²) < 4.78 is 11.4. The number of likely N-dealkylation sites (N-methyl/N-ethyl adjacent to an activating group) is 1. The number of ether oxygens (including phenoxy) is 2. The molecule has 122 valence electrons. The van der Waals surface area contributed by atoms with Crippen LogP contribution in [0.4, 0.5) is 5.82 Å². The van der Waals surface area contributed by atoms with Crippen molar-refractivity contribution < 1.29 is 9.47 Å². The average Bonchev–Trinajstić information content (AvgIpc) is 3.07. The van der Waals surface area contributed by atoms with E-state index in [4.69, 9.17) is 9.47 Å². The molecule has 0 amide bonds. The fourth-order valence-corrected chi connectivity index (χ4v) is 3.24. The van der Waals surface area contributed by atoms with Crippen molar-refractivity contribution in [2.75, 3.05) is 57.4 Å². The highest BCUT2D eigenvalue weighted by molar-refractivity contribution is 5.36. The van der Waals surface area contributed by atoms with Gasteiger partial charge in [-0.15, -0.1) is 5.10 Å². The third-order valence-corrected chi connectivity index (χ3v) is 4.45. The zero-order chi connectivity index (χ0) is 15.2. The van der Waals surface area contributed by atoms with Crippen LogP contribution in [0.15, 0.2) is 18.3 Å². The van der Waals surface area contributed by atoms with Gasteiger partial charge in [-0.25, -0.2) is 0 Å². The number of hydrogen-bond acceptors (Lipinski definition) is 6. The molecule has 0 saturated carbocycles. The van der Waals surface area contributed by atoms with E-state index in [1.807, 2.05) is 12.1 Å². The largest absolute Gasteiger partial charge is 0.381 e. The van der Waals surface area contributed by atoms with Crippen LogP contribution < -0.4 is 4.90 Å². The Morgan fingerprint density at radius 2 is 2.36 bits per heavy atom. The lowest BCUT2D eigenvalue weighted by Crippen LogP contribution is -2.49. The number of anilines is 1. The van der Waals surface area contributed by atoms with Crippen LogP contribution in [0.25, 0.3) is 0 Å². The molecule has 22 heavy (non-hydrogen) atoms. The highest BCUT2D eigenvalue weighted by Crippen LogP contribution is 2.17. The molecule has 0 aliphatic carbocycles. The monoisotopic (exact) mass is 306 g/mol. The highest BCUT2D eigenvalue weighted by Gasteiger charge is 2.26. The first kappa shape index (κ1) is 15.6. The minimum Gasteiger partial charge on any atom is -0.381 e. The molecule has 1 aromatic rings. The lowest BCUT2D eigenvalue weighted by molar-refractivity contribution is -0.0288. The third-order valence-electron chi connectivity index (χ3n) is 4.45. The Labute approximate surface area is 132 Å². The second kappa shape index (κ2) is 7.85. The summed E-state index contributed by atoms with van der Waals surface area (Å²) in [6.07, 6.45) is 3.14. The molecule has 0 N–H and O–H groups in total. The van der Waals surface area contributed by atoms with Crippen LogP contribution in [0.5, 0.6) is 0 Å². The summed E-state index contributed by atoms with van der Waals surface area (Å²) in [5.74, 6) is 1.62. The molecule has 6 nitrogen and oxygen atoms in total. The standard InChI is InChI=1S/C16H26N4O2/c1-2-20(16-4-3-6-17-18-16)12-15-11-19(7-9-22-15)10-14-5-8-21-13-14/h3-4,6,14-15H,2,5,7-13H2,1H3/t14-,15+/m1/s1. The van der Waals surface area contributed by atoms with E-state index in [1.54, 1.807) is 6.20 Å². The zero-order valence-corrected chi connectivity index (χ0v) is 13.4. The van der Waals surface area contributed by atoms with E-state index < -0.39 is 0 Å². The Hall–Kier alpha value is -1.24. The van der Waals surface area contributed by atoms with Gasteiger partial charge in [0.2, 0.25) is 0 Å². The normalized spacial score (nSPS) is 26.2. The first-order valence-electron chi connectivity index (χ1n) is 8.29. The van der Waals surface area contributed by atoms with Gasteiger partial charge < -0.3 is 14.4 Å². The first-order chi connectivity index (χ1) is 10.8. The predicted molar refractivity (Wildman–Crippen MR) is 85.0 cm³/mol. The Balaban J connectivity index is 1.52. The summed E-state index contributed by atoms with van der Waals surface area (Å²) in [7, 11) is 0. The SMILES string of the molecule is CCN(C[C@@H]1CN(C[C@H]2CCOC2)CCO1)c1cccnn1. The van der Waals surface area contributed by atoms with Crippen molar-refractivity contribution in [2.45, 2.75) is 19.4 Å². The topological polar surface area (TPSA) is 50.7 Å². The van der Waals surface area contributed by atoms with Gasteiger partial charge in [0.05, 0.1) is 19.3 Å². The lowest BCUT2D eigenvalue weighted by Gasteiger charge is -2.36. The average molecular weight is 306 g/mol. The Kier molecular flexibility index (Phi) is 5.58. The summed E-state index contributed by atoms with van der Waals surface area (Å²) >= 11 is 0. The highest BCUT2D eigenvalue weighted by atomic mass is 16.5. The van der Waals surface area contributed by atoms with Gasteiger partial charge in [-0.2, -0.15) is 5.10 Å². The molecule has 2 atom stereocenters. The van der Waals surface area contributed by atoms with E-state index in [2.05, 4.69) is 26.9 Å². The first-order valence-corrected chi connectivity index (χ1v) is 8.29. The van der Waals surface area contributed by atoms with Crippen LogP contribution in [-0.4, -0.2) is 73.7 Å². The molecule has 0 bridgehead atoms. The van der Waals surface area contributed by atoms with E-state index in [0.29, 0.717) is 5.92 Å². The van der Waals surface area contributed by atoms with Gasteiger partial charge in [0.25, 0.3) is 0 Å². The van der Waals surface area contributed by atoms with Crippen molar-refractivity contribution in [3.05, 3.63) is 18.3 Å². The second-order valence-corrected chi connectivity index (χ2v) is 6.10.